The van der Waals surface area contributed by atoms with E-state index in [1.54, 1.807) is 0 Å². The Balaban J connectivity index is 1.90. The Hall–Kier alpha value is -0.790. The Morgan fingerprint density at radius 2 is 1.65 bits per heavy atom. The van der Waals surface area contributed by atoms with Gasteiger partial charge in [0.25, 0.3) is 0 Å². The van der Waals surface area contributed by atoms with Gasteiger partial charge < -0.3 is 4.57 Å². The average Bonchev–Trinajstić information content (AvgIpc) is 2.86. The van der Waals surface area contributed by atoms with Gasteiger partial charge in [0, 0.05) is 18.4 Å². The summed E-state index contributed by atoms with van der Waals surface area (Å²) in [5, 5.41) is 0. The van der Waals surface area contributed by atoms with Crippen LogP contribution in [0, 0.1) is 0 Å². The molecule has 0 N–H and O–H groups in total. The Morgan fingerprint density at radius 3 is 2.24 bits per heavy atom. The molecule has 2 nitrogen and oxygen atoms in total. The van der Waals surface area contributed by atoms with Crippen LogP contribution in [0.25, 0.3) is 0 Å². The van der Waals surface area contributed by atoms with Crippen LogP contribution in [-0.2, 0) is 0 Å². The van der Waals surface area contributed by atoms with E-state index in [4.69, 9.17) is 0 Å². The predicted molar refractivity (Wildman–Crippen MR) is 74.2 cm³/mol. The molecule has 1 aromatic rings. The lowest BCUT2D eigenvalue weighted by atomic mass is 10.1. The molecule has 0 spiro atoms. The summed E-state index contributed by atoms with van der Waals surface area (Å²) >= 11 is 0. The second kappa shape index (κ2) is 9.26. The standard InChI is InChI=1S/C15H28N2/c1-3-4-5-6-7-8-9-10-11-15(2)17-13-12-16-14-17/h12-15H,3-11H2,1-2H3. The number of aromatic nitrogens is 2. The zero-order valence-electron chi connectivity index (χ0n) is 11.6. The monoisotopic (exact) mass is 236 g/mol. The Bertz CT molecular complexity index is 254. The Morgan fingerprint density at radius 1 is 1.00 bits per heavy atom. The lowest BCUT2D eigenvalue weighted by Crippen LogP contribution is -2.01. The van der Waals surface area contributed by atoms with E-state index < -0.39 is 0 Å². The van der Waals surface area contributed by atoms with Crippen molar-refractivity contribution >= 4 is 0 Å². The molecular formula is C15H28N2. The molecule has 98 valence electrons. The summed E-state index contributed by atoms with van der Waals surface area (Å²) in [6.45, 7) is 4.56. The van der Waals surface area contributed by atoms with E-state index in [1.807, 2.05) is 12.5 Å². The van der Waals surface area contributed by atoms with Crippen LogP contribution in [0.3, 0.4) is 0 Å². The van der Waals surface area contributed by atoms with E-state index in [0.717, 1.165) is 0 Å². The van der Waals surface area contributed by atoms with Crippen LogP contribution in [0.4, 0.5) is 0 Å². The van der Waals surface area contributed by atoms with E-state index in [-0.39, 0.29) is 0 Å². The highest BCUT2D eigenvalue weighted by Gasteiger charge is 2.02. The highest BCUT2D eigenvalue weighted by Crippen LogP contribution is 2.16. The van der Waals surface area contributed by atoms with Gasteiger partial charge in [0.1, 0.15) is 0 Å². The van der Waals surface area contributed by atoms with Gasteiger partial charge >= 0.3 is 0 Å². The maximum atomic E-state index is 4.09. The molecule has 1 heterocycles. The maximum Gasteiger partial charge on any atom is 0.0948 e. The normalized spacial score (nSPS) is 12.8. The first-order valence-corrected chi connectivity index (χ1v) is 7.32. The molecule has 1 aromatic heterocycles. The number of hydrogen-bond donors (Lipinski definition) is 0. The molecule has 1 rings (SSSR count). The van der Waals surface area contributed by atoms with Crippen LogP contribution in [0.15, 0.2) is 18.7 Å². The third-order valence-electron chi connectivity index (χ3n) is 3.51. The first-order valence-electron chi connectivity index (χ1n) is 7.32. The third-order valence-corrected chi connectivity index (χ3v) is 3.51. The summed E-state index contributed by atoms with van der Waals surface area (Å²) in [7, 11) is 0. The number of hydrogen-bond acceptors (Lipinski definition) is 1. The van der Waals surface area contributed by atoms with Gasteiger partial charge in [0.05, 0.1) is 6.33 Å². The number of unbranched alkanes of at least 4 members (excludes halogenated alkanes) is 7. The SMILES string of the molecule is CCCCCCCCCCC(C)n1ccnc1. The fourth-order valence-corrected chi connectivity index (χ4v) is 2.25. The van der Waals surface area contributed by atoms with Gasteiger partial charge in [0.2, 0.25) is 0 Å². The van der Waals surface area contributed by atoms with Gasteiger partial charge in [-0.1, -0.05) is 58.3 Å². The van der Waals surface area contributed by atoms with Crippen molar-refractivity contribution in [3.05, 3.63) is 18.7 Å². The molecule has 0 bridgehead atoms. The first-order chi connectivity index (χ1) is 8.34. The number of nitrogens with zero attached hydrogens (tertiary/aromatic N) is 2. The molecule has 0 aromatic carbocycles. The minimum absolute atomic E-state index is 0.609. The Labute approximate surface area is 106 Å². The molecule has 0 saturated heterocycles. The average molecular weight is 236 g/mol. The minimum atomic E-state index is 0.609. The van der Waals surface area contributed by atoms with Crippen LogP contribution in [0.1, 0.15) is 77.7 Å². The molecule has 17 heavy (non-hydrogen) atoms. The van der Waals surface area contributed by atoms with Crippen molar-refractivity contribution in [1.29, 1.82) is 0 Å². The van der Waals surface area contributed by atoms with Crippen molar-refractivity contribution in [1.82, 2.24) is 9.55 Å². The fourth-order valence-electron chi connectivity index (χ4n) is 2.25. The molecule has 1 atom stereocenters. The quantitative estimate of drug-likeness (QED) is 0.524. The largest absolute Gasteiger partial charge is 0.335 e. The van der Waals surface area contributed by atoms with Gasteiger partial charge in [-0.3, -0.25) is 0 Å². The summed E-state index contributed by atoms with van der Waals surface area (Å²) in [4.78, 5) is 4.09. The molecular weight excluding hydrogens is 208 g/mol. The smallest absolute Gasteiger partial charge is 0.0948 e. The van der Waals surface area contributed by atoms with Crippen LogP contribution < -0.4 is 0 Å². The molecule has 0 amide bonds. The lowest BCUT2D eigenvalue weighted by molar-refractivity contribution is 0.466. The topological polar surface area (TPSA) is 17.8 Å². The number of imidazole rings is 1. The van der Waals surface area contributed by atoms with E-state index in [2.05, 4.69) is 29.6 Å². The van der Waals surface area contributed by atoms with Gasteiger partial charge in [-0.15, -0.1) is 0 Å². The molecule has 0 aliphatic carbocycles. The fraction of sp³-hybridized carbons (Fsp3) is 0.800. The molecule has 2 heteroatoms. The van der Waals surface area contributed by atoms with Gasteiger partial charge in [0.15, 0.2) is 0 Å². The van der Waals surface area contributed by atoms with Gasteiger partial charge in [-0.05, 0) is 13.3 Å². The van der Waals surface area contributed by atoms with E-state index in [0.29, 0.717) is 6.04 Å². The molecule has 0 aliphatic rings. The minimum Gasteiger partial charge on any atom is -0.335 e. The molecule has 1 unspecified atom stereocenters. The van der Waals surface area contributed by atoms with Crippen LogP contribution >= 0.6 is 0 Å². The zero-order valence-corrected chi connectivity index (χ0v) is 11.6. The lowest BCUT2D eigenvalue weighted by Gasteiger charge is -2.12. The predicted octanol–water partition coefficient (Wildman–Crippen LogP) is 4.97. The van der Waals surface area contributed by atoms with Crippen molar-refractivity contribution in [3.8, 4) is 0 Å². The van der Waals surface area contributed by atoms with Gasteiger partial charge in [-0.25, -0.2) is 4.98 Å². The summed E-state index contributed by atoms with van der Waals surface area (Å²) in [6.07, 6.45) is 18.4. The van der Waals surface area contributed by atoms with Crippen LogP contribution in [-0.4, -0.2) is 9.55 Å². The maximum absolute atomic E-state index is 4.09. The first kappa shape index (κ1) is 14.3. The van der Waals surface area contributed by atoms with Crippen molar-refractivity contribution in [2.75, 3.05) is 0 Å². The third kappa shape index (κ3) is 6.50. The van der Waals surface area contributed by atoms with Crippen molar-refractivity contribution < 1.29 is 0 Å². The van der Waals surface area contributed by atoms with E-state index >= 15 is 0 Å². The van der Waals surface area contributed by atoms with Crippen LogP contribution in [0.5, 0.6) is 0 Å². The summed E-state index contributed by atoms with van der Waals surface area (Å²) < 4.78 is 2.21. The van der Waals surface area contributed by atoms with Crippen LogP contribution in [0.2, 0.25) is 0 Å². The second-order valence-corrected chi connectivity index (χ2v) is 5.12. The van der Waals surface area contributed by atoms with Gasteiger partial charge in [-0.2, -0.15) is 0 Å². The highest BCUT2D eigenvalue weighted by atomic mass is 15.0. The molecule has 0 aliphatic heterocycles. The zero-order chi connectivity index (χ0) is 12.3. The van der Waals surface area contributed by atoms with E-state index in [9.17, 15) is 0 Å². The second-order valence-electron chi connectivity index (χ2n) is 5.12. The summed E-state index contributed by atoms with van der Waals surface area (Å²) in [5.41, 5.74) is 0. The van der Waals surface area contributed by atoms with Crippen molar-refractivity contribution in [2.45, 2.75) is 77.7 Å². The van der Waals surface area contributed by atoms with Crippen molar-refractivity contribution in [2.24, 2.45) is 0 Å². The molecule has 0 saturated carbocycles. The van der Waals surface area contributed by atoms with E-state index in [1.165, 1.54) is 57.8 Å². The Kier molecular flexibility index (Phi) is 7.78. The number of rotatable bonds is 10. The van der Waals surface area contributed by atoms with Crippen molar-refractivity contribution in [3.63, 3.8) is 0 Å². The summed E-state index contributed by atoms with van der Waals surface area (Å²) in [5.74, 6) is 0. The summed E-state index contributed by atoms with van der Waals surface area (Å²) in [6, 6.07) is 0.609. The molecule has 0 fully saturated rings. The highest BCUT2D eigenvalue weighted by molar-refractivity contribution is 4.78. The molecule has 0 radical (unpaired) electrons.